The van der Waals surface area contributed by atoms with Crippen LogP contribution in [0.15, 0.2) is 34.9 Å². The highest BCUT2D eigenvalue weighted by molar-refractivity contribution is 9.10. The molecule has 3 N–H and O–H groups in total. The van der Waals surface area contributed by atoms with E-state index in [-0.39, 0.29) is 30.7 Å². The number of anilines is 1. The minimum atomic E-state index is -0.657. The summed E-state index contributed by atoms with van der Waals surface area (Å²) in [4.78, 5) is 52.7. The first-order chi connectivity index (χ1) is 12.9. The highest BCUT2D eigenvalue weighted by atomic mass is 79.9. The first-order valence-corrected chi connectivity index (χ1v) is 9.15. The third-order valence-electron chi connectivity index (χ3n) is 4.70. The van der Waals surface area contributed by atoms with Gasteiger partial charge in [0.1, 0.15) is 11.7 Å². The van der Waals surface area contributed by atoms with E-state index in [0.29, 0.717) is 27.8 Å². The van der Waals surface area contributed by atoms with Gasteiger partial charge in [0.15, 0.2) is 0 Å². The number of rotatable bonds is 3. The van der Waals surface area contributed by atoms with Gasteiger partial charge >= 0.3 is 0 Å². The minimum Gasteiger partial charge on any atom is -0.356 e. The van der Waals surface area contributed by atoms with E-state index in [1.165, 1.54) is 4.90 Å². The molecule has 1 aromatic heterocycles. The molecule has 2 aliphatic rings. The van der Waals surface area contributed by atoms with Crippen LogP contribution in [0, 0.1) is 0 Å². The van der Waals surface area contributed by atoms with Gasteiger partial charge in [-0.2, -0.15) is 0 Å². The zero-order valence-corrected chi connectivity index (χ0v) is 15.6. The van der Waals surface area contributed by atoms with Crippen LogP contribution < -0.4 is 10.6 Å². The van der Waals surface area contributed by atoms with Crippen LogP contribution in [0.4, 0.5) is 5.69 Å². The highest BCUT2D eigenvalue weighted by Gasteiger charge is 2.39. The second kappa shape index (κ2) is 6.66. The number of amides is 4. The predicted octanol–water partition coefficient (Wildman–Crippen LogP) is 1.79. The lowest BCUT2D eigenvalue weighted by Gasteiger charge is -2.29. The minimum absolute atomic E-state index is 0.211. The van der Waals surface area contributed by atoms with Gasteiger partial charge in [-0.1, -0.05) is 0 Å². The van der Waals surface area contributed by atoms with E-state index >= 15 is 0 Å². The summed E-state index contributed by atoms with van der Waals surface area (Å²) in [5, 5.41) is 5.06. The molecule has 1 fully saturated rings. The number of imide groups is 1. The molecule has 1 atom stereocenters. The number of hydrogen-bond acceptors (Lipinski definition) is 4. The topological polar surface area (TPSA) is 111 Å². The number of fused-ring (bicyclic) bond motifs is 1. The van der Waals surface area contributed by atoms with Crippen LogP contribution in [0.1, 0.15) is 39.3 Å². The number of nitrogens with zero attached hydrogens (tertiary/aromatic N) is 1. The molecule has 27 heavy (non-hydrogen) atoms. The van der Waals surface area contributed by atoms with E-state index < -0.39 is 11.9 Å². The van der Waals surface area contributed by atoms with Gasteiger partial charge in [-0.25, -0.2) is 0 Å². The molecule has 0 spiro atoms. The fourth-order valence-electron chi connectivity index (χ4n) is 3.37. The third-order valence-corrected chi connectivity index (χ3v) is 5.37. The van der Waals surface area contributed by atoms with Gasteiger partial charge in [0.05, 0.1) is 0 Å². The van der Waals surface area contributed by atoms with Crippen LogP contribution in [0.3, 0.4) is 0 Å². The average molecular weight is 431 g/mol. The fraction of sp³-hybridized carbons (Fsp3) is 0.222. The average Bonchev–Trinajstić information content (AvgIpc) is 3.19. The number of piperidine rings is 1. The Morgan fingerprint density at radius 3 is 2.74 bits per heavy atom. The smallest absolute Gasteiger partial charge is 0.273 e. The summed E-state index contributed by atoms with van der Waals surface area (Å²) in [7, 11) is 0. The Hall–Kier alpha value is -2.94. The molecule has 0 aliphatic carbocycles. The number of halogens is 1. The molecule has 4 amide bonds. The summed E-state index contributed by atoms with van der Waals surface area (Å²) in [6.45, 7) is 0.260. The summed E-state index contributed by atoms with van der Waals surface area (Å²) < 4.78 is 0.653. The molecule has 3 heterocycles. The van der Waals surface area contributed by atoms with Crippen LogP contribution in [-0.2, 0) is 16.1 Å². The van der Waals surface area contributed by atoms with Crippen molar-refractivity contribution in [2.45, 2.75) is 25.4 Å². The van der Waals surface area contributed by atoms with Crippen molar-refractivity contribution in [2.24, 2.45) is 0 Å². The van der Waals surface area contributed by atoms with Crippen LogP contribution in [0.5, 0.6) is 0 Å². The summed E-state index contributed by atoms with van der Waals surface area (Å²) in [6, 6.07) is 6.10. The van der Waals surface area contributed by atoms with Crippen LogP contribution in [-0.4, -0.2) is 39.6 Å². The fourth-order valence-corrected chi connectivity index (χ4v) is 3.80. The summed E-state index contributed by atoms with van der Waals surface area (Å²) in [6.07, 6.45) is 2.18. The Bertz CT molecular complexity index is 983. The first kappa shape index (κ1) is 17.5. The maximum Gasteiger partial charge on any atom is 0.273 e. The number of aromatic amines is 1. The van der Waals surface area contributed by atoms with Crippen LogP contribution in [0.25, 0.3) is 0 Å². The number of benzene rings is 1. The van der Waals surface area contributed by atoms with Crippen molar-refractivity contribution in [1.29, 1.82) is 0 Å². The number of hydrogen-bond donors (Lipinski definition) is 3. The zero-order chi connectivity index (χ0) is 19.1. The zero-order valence-electron chi connectivity index (χ0n) is 14.0. The Balaban J connectivity index is 1.52. The largest absolute Gasteiger partial charge is 0.356 e. The number of carbonyl (C=O) groups excluding carboxylic acids is 4. The van der Waals surface area contributed by atoms with E-state index in [1.54, 1.807) is 30.5 Å². The molecule has 2 aromatic rings. The van der Waals surface area contributed by atoms with Gasteiger partial charge in [-0.15, -0.1) is 0 Å². The van der Waals surface area contributed by atoms with Gasteiger partial charge in [-0.05, 0) is 52.2 Å². The van der Waals surface area contributed by atoms with Gasteiger partial charge < -0.3 is 15.2 Å². The van der Waals surface area contributed by atoms with Crippen LogP contribution in [0.2, 0.25) is 0 Å². The van der Waals surface area contributed by atoms with Crippen molar-refractivity contribution in [1.82, 2.24) is 15.2 Å². The molecular weight excluding hydrogens is 416 g/mol. The van der Waals surface area contributed by atoms with Crippen molar-refractivity contribution < 1.29 is 19.2 Å². The summed E-state index contributed by atoms with van der Waals surface area (Å²) in [5.74, 6) is -1.32. The molecule has 8 nitrogen and oxygen atoms in total. The predicted molar refractivity (Wildman–Crippen MR) is 98.9 cm³/mol. The van der Waals surface area contributed by atoms with Crippen molar-refractivity contribution in [2.75, 3.05) is 5.32 Å². The van der Waals surface area contributed by atoms with Crippen molar-refractivity contribution in [3.63, 3.8) is 0 Å². The standard InChI is InChI=1S/C18H15BrN4O4/c19-12-5-6-20-15(12)17(26)21-10-1-2-11-9(7-10)8-23(18(11)27)13-3-4-14(24)22-16(13)25/h1-2,5-7,13,20H,3-4,8H2,(H,21,26)(H,22,24,25). The quantitative estimate of drug-likeness (QED) is 0.644. The molecule has 138 valence electrons. The maximum absolute atomic E-state index is 12.7. The Labute approximate surface area is 162 Å². The second-order valence-corrected chi connectivity index (χ2v) is 7.28. The van der Waals surface area contributed by atoms with Gasteiger partial charge in [0.25, 0.3) is 11.8 Å². The molecule has 2 aliphatic heterocycles. The van der Waals surface area contributed by atoms with Crippen molar-refractivity contribution >= 4 is 45.2 Å². The molecule has 1 unspecified atom stereocenters. The first-order valence-electron chi connectivity index (χ1n) is 8.36. The van der Waals surface area contributed by atoms with Crippen molar-refractivity contribution in [3.8, 4) is 0 Å². The van der Waals surface area contributed by atoms with Gasteiger partial charge in [-0.3, -0.25) is 24.5 Å². The lowest BCUT2D eigenvalue weighted by Crippen LogP contribution is -2.52. The molecule has 1 aromatic carbocycles. The number of nitrogens with one attached hydrogen (secondary N) is 3. The summed E-state index contributed by atoms with van der Waals surface area (Å²) >= 11 is 3.29. The van der Waals surface area contributed by atoms with E-state index in [2.05, 4.69) is 31.5 Å². The molecule has 0 radical (unpaired) electrons. The SMILES string of the molecule is O=C1CCC(N2Cc3cc(NC(=O)c4[nH]ccc4Br)ccc3C2=O)C(=O)N1. The molecule has 0 saturated carbocycles. The van der Waals surface area contributed by atoms with E-state index in [1.807, 2.05) is 0 Å². The van der Waals surface area contributed by atoms with Gasteiger partial charge in [0, 0.05) is 34.9 Å². The Morgan fingerprint density at radius 1 is 1.22 bits per heavy atom. The molecule has 4 rings (SSSR count). The Kier molecular flexibility index (Phi) is 4.31. The van der Waals surface area contributed by atoms with Crippen LogP contribution >= 0.6 is 15.9 Å². The normalized spacial score (nSPS) is 19.1. The summed E-state index contributed by atoms with van der Waals surface area (Å²) in [5.41, 5.74) is 2.18. The molecule has 9 heteroatoms. The highest BCUT2D eigenvalue weighted by Crippen LogP contribution is 2.29. The number of aromatic nitrogens is 1. The Morgan fingerprint density at radius 2 is 2.04 bits per heavy atom. The number of H-pyrrole nitrogens is 1. The monoisotopic (exact) mass is 430 g/mol. The lowest BCUT2D eigenvalue weighted by molar-refractivity contribution is -0.136. The lowest BCUT2D eigenvalue weighted by atomic mass is 10.0. The molecular formula is C18H15BrN4O4. The van der Waals surface area contributed by atoms with E-state index in [0.717, 1.165) is 5.56 Å². The van der Waals surface area contributed by atoms with Gasteiger partial charge in [0.2, 0.25) is 11.8 Å². The van der Waals surface area contributed by atoms with E-state index in [4.69, 9.17) is 0 Å². The second-order valence-electron chi connectivity index (χ2n) is 6.43. The van der Waals surface area contributed by atoms with E-state index in [9.17, 15) is 19.2 Å². The molecule has 0 bridgehead atoms. The maximum atomic E-state index is 12.7. The number of carbonyl (C=O) groups is 4. The third kappa shape index (κ3) is 3.14. The molecule has 1 saturated heterocycles. The van der Waals surface area contributed by atoms with Crippen molar-refractivity contribution in [3.05, 3.63) is 51.8 Å².